The molecule has 3 heterocycles. The molecule has 5 nitrogen and oxygen atoms in total. The average molecular weight is 249 g/mol. The van der Waals surface area contributed by atoms with E-state index in [1.54, 1.807) is 0 Å². The fourth-order valence-electron chi connectivity index (χ4n) is 3.71. The third-order valence-corrected chi connectivity index (χ3v) is 4.72. The summed E-state index contributed by atoms with van der Waals surface area (Å²) >= 11 is 0. The molecule has 5 atom stereocenters. The largest absolute Gasteiger partial charge is 0.374 e. The van der Waals surface area contributed by atoms with Crippen molar-refractivity contribution in [3.05, 3.63) is 11.7 Å². The summed E-state index contributed by atoms with van der Waals surface area (Å²) in [6.07, 6.45) is 7.29. The van der Waals surface area contributed by atoms with Crippen molar-refractivity contribution in [2.24, 2.45) is 5.73 Å². The maximum Gasteiger partial charge on any atom is 0.229 e. The topological polar surface area (TPSA) is 74.2 Å². The highest BCUT2D eigenvalue weighted by molar-refractivity contribution is 5.08. The van der Waals surface area contributed by atoms with Crippen LogP contribution in [0.3, 0.4) is 0 Å². The third-order valence-electron chi connectivity index (χ3n) is 4.72. The van der Waals surface area contributed by atoms with Crippen molar-refractivity contribution in [2.45, 2.75) is 68.6 Å². The zero-order chi connectivity index (χ0) is 12.1. The summed E-state index contributed by atoms with van der Waals surface area (Å²) in [7, 11) is 0. The Morgan fingerprint density at radius 3 is 2.72 bits per heavy atom. The summed E-state index contributed by atoms with van der Waals surface area (Å²) < 4.78 is 11.3. The second-order valence-corrected chi connectivity index (χ2v) is 5.98. The number of aromatic nitrogens is 2. The van der Waals surface area contributed by atoms with Crippen LogP contribution in [0.1, 0.15) is 62.1 Å². The van der Waals surface area contributed by atoms with Gasteiger partial charge in [-0.15, -0.1) is 0 Å². The fourth-order valence-corrected chi connectivity index (χ4v) is 3.71. The fraction of sp³-hybridized carbons (Fsp3) is 0.846. The Bertz CT molecular complexity index is 447. The van der Waals surface area contributed by atoms with Crippen LogP contribution in [0.2, 0.25) is 0 Å². The smallest absolute Gasteiger partial charge is 0.229 e. The minimum absolute atomic E-state index is 0.302. The van der Waals surface area contributed by atoms with Crippen LogP contribution in [0.5, 0.6) is 0 Å². The molecule has 2 N–H and O–H groups in total. The van der Waals surface area contributed by atoms with E-state index in [2.05, 4.69) is 10.1 Å². The van der Waals surface area contributed by atoms with Crippen molar-refractivity contribution < 1.29 is 9.26 Å². The van der Waals surface area contributed by atoms with Gasteiger partial charge in [0.25, 0.3) is 0 Å². The Morgan fingerprint density at radius 2 is 2.06 bits per heavy atom. The molecule has 3 unspecified atom stereocenters. The lowest BCUT2D eigenvalue weighted by atomic mass is 9.89. The molecule has 2 bridgehead atoms. The quantitative estimate of drug-likeness (QED) is 0.863. The van der Waals surface area contributed by atoms with Gasteiger partial charge in [0.15, 0.2) is 5.82 Å². The molecule has 0 radical (unpaired) electrons. The lowest BCUT2D eigenvalue weighted by Gasteiger charge is -2.13. The van der Waals surface area contributed by atoms with Crippen molar-refractivity contribution in [1.29, 1.82) is 0 Å². The third kappa shape index (κ3) is 1.68. The molecule has 0 spiro atoms. The minimum atomic E-state index is 0.302. The Kier molecular flexibility index (Phi) is 2.45. The number of ether oxygens (including phenoxy) is 1. The lowest BCUT2D eigenvalue weighted by molar-refractivity contribution is 0.0996. The van der Waals surface area contributed by atoms with Gasteiger partial charge in [-0.25, -0.2) is 0 Å². The number of rotatable bonds is 2. The first-order chi connectivity index (χ1) is 8.79. The van der Waals surface area contributed by atoms with Crippen molar-refractivity contribution in [3.8, 4) is 0 Å². The molecule has 5 heteroatoms. The summed E-state index contributed by atoms with van der Waals surface area (Å²) in [5, 5.41) is 4.18. The SMILES string of the molecule is N[C@H]1CC[C@@H](c2nc(C3CC4CCC3O4)no2)C1. The van der Waals surface area contributed by atoms with E-state index in [-0.39, 0.29) is 0 Å². The highest BCUT2D eigenvalue weighted by atomic mass is 16.5. The molecule has 1 aromatic rings. The van der Waals surface area contributed by atoms with Gasteiger partial charge in [0.05, 0.1) is 18.1 Å². The first-order valence-electron chi connectivity index (χ1n) is 7.04. The number of nitrogens with two attached hydrogens (primary N) is 1. The van der Waals surface area contributed by atoms with Crippen LogP contribution < -0.4 is 5.73 Å². The Morgan fingerprint density at radius 1 is 1.11 bits per heavy atom. The molecule has 4 rings (SSSR count). The monoisotopic (exact) mass is 249 g/mol. The zero-order valence-electron chi connectivity index (χ0n) is 10.4. The van der Waals surface area contributed by atoms with Crippen LogP contribution in [0, 0.1) is 0 Å². The Hall–Kier alpha value is -0.940. The van der Waals surface area contributed by atoms with Crippen LogP contribution in [0.4, 0.5) is 0 Å². The molecule has 3 aliphatic rings. The van der Waals surface area contributed by atoms with Crippen LogP contribution in [-0.2, 0) is 4.74 Å². The van der Waals surface area contributed by atoms with Crippen molar-refractivity contribution in [3.63, 3.8) is 0 Å². The van der Waals surface area contributed by atoms with E-state index in [1.807, 2.05) is 0 Å². The molecular formula is C13H19N3O2. The second kappa shape index (κ2) is 4.03. The van der Waals surface area contributed by atoms with Gasteiger partial charge in [-0.2, -0.15) is 4.98 Å². The van der Waals surface area contributed by atoms with E-state index >= 15 is 0 Å². The summed E-state index contributed by atoms with van der Waals surface area (Å²) in [6.45, 7) is 0. The van der Waals surface area contributed by atoms with Gasteiger partial charge in [0.1, 0.15) is 0 Å². The zero-order valence-corrected chi connectivity index (χ0v) is 10.4. The van der Waals surface area contributed by atoms with E-state index in [0.29, 0.717) is 30.1 Å². The first kappa shape index (κ1) is 10.9. The maximum atomic E-state index is 5.93. The van der Waals surface area contributed by atoms with Gasteiger partial charge in [-0.05, 0) is 38.5 Å². The molecule has 1 aromatic heterocycles. The van der Waals surface area contributed by atoms with E-state index < -0.39 is 0 Å². The molecule has 98 valence electrons. The standard InChI is InChI=1S/C13H19N3O2/c14-8-2-1-7(5-8)13-15-12(16-18-13)10-6-9-3-4-11(10)17-9/h7-11H,1-6,14H2/t7-,8+,9?,10?,11?/m1/s1. The molecule has 1 saturated carbocycles. The minimum Gasteiger partial charge on any atom is -0.374 e. The Balaban J connectivity index is 1.52. The summed E-state index contributed by atoms with van der Waals surface area (Å²) in [5.41, 5.74) is 5.93. The normalized spacial score (nSPS) is 42.8. The highest BCUT2D eigenvalue weighted by Gasteiger charge is 2.44. The Labute approximate surface area is 106 Å². The van der Waals surface area contributed by atoms with Gasteiger partial charge < -0.3 is 15.0 Å². The van der Waals surface area contributed by atoms with E-state index in [4.69, 9.17) is 15.0 Å². The van der Waals surface area contributed by atoms with Crippen molar-refractivity contribution in [2.75, 3.05) is 0 Å². The van der Waals surface area contributed by atoms with Gasteiger partial charge in [-0.3, -0.25) is 0 Å². The molecule has 2 aliphatic heterocycles. The van der Waals surface area contributed by atoms with Gasteiger partial charge in [0, 0.05) is 12.0 Å². The maximum absolute atomic E-state index is 5.93. The van der Waals surface area contributed by atoms with Crippen molar-refractivity contribution >= 4 is 0 Å². The number of hydrogen-bond donors (Lipinski definition) is 1. The van der Waals surface area contributed by atoms with Crippen LogP contribution in [-0.4, -0.2) is 28.4 Å². The predicted molar refractivity (Wildman–Crippen MR) is 64.1 cm³/mol. The molecule has 18 heavy (non-hydrogen) atoms. The molecular weight excluding hydrogens is 230 g/mol. The van der Waals surface area contributed by atoms with Gasteiger partial charge in [-0.1, -0.05) is 5.16 Å². The average Bonchev–Trinajstić information content (AvgIpc) is 3.12. The van der Waals surface area contributed by atoms with Crippen LogP contribution in [0.15, 0.2) is 4.52 Å². The van der Waals surface area contributed by atoms with E-state index in [1.165, 1.54) is 6.42 Å². The molecule has 0 aromatic carbocycles. The molecule has 0 amide bonds. The molecule has 2 saturated heterocycles. The number of hydrogen-bond acceptors (Lipinski definition) is 5. The second-order valence-electron chi connectivity index (χ2n) is 5.98. The molecule has 1 aliphatic carbocycles. The predicted octanol–water partition coefficient (Wildman–Crippen LogP) is 1.70. The molecule has 3 fully saturated rings. The summed E-state index contributed by atoms with van der Waals surface area (Å²) in [6, 6.07) is 0.302. The first-order valence-corrected chi connectivity index (χ1v) is 7.04. The number of nitrogens with zero attached hydrogens (tertiary/aromatic N) is 2. The van der Waals surface area contributed by atoms with Crippen molar-refractivity contribution in [1.82, 2.24) is 10.1 Å². The van der Waals surface area contributed by atoms with Crippen LogP contribution in [0.25, 0.3) is 0 Å². The highest BCUT2D eigenvalue weighted by Crippen LogP contribution is 2.44. The van der Waals surface area contributed by atoms with Gasteiger partial charge in [0.2, 0.25) is 5.89 Å². The number of fused-ring (bicyclic) bond motifs is 2. The lowest BCUT2D eigenvalue weighted by Crippen LogP contribution is -2.16. The van der Waals surface area contributed by atoms with Gasteiger partial charge >= 0.3 is 0 Å². The van der Waals surface area contributed by atoms with E-state index in [9.17, 15) is 0 Å². The van der Waals surface area contributed by atoms with Crippen LogP contribution >= 0.6 is 0 Å². The van der Waals surface area contributed by atoms with E-state index in [0.717, 1.165) is 43.8 Å². The summed E-state index contributed by atoms with van der Waals surface area (Å²) in [4.78, 5) is 4.61. The summed E-state index contributed by atoms with van der Waals surface area (Å²) in [5.74, 6) is 2.38.